The van der Waals surface area contributed by atoms with Crippen molar-refractivity contribution in [2.45, 2.75) is 38.1 Å². The summed E-state index contributed by atoms with van der Waals surface area (Å²) in [5, 5.41) is 5.34. The van der Waals surface area contributed by atoms with Gasteiger partial charge < -0.3 is 14.8 Å². The number of rotatable bonds is 9. The van der Waals surface area contributed by atoms with Crippen molar-refractivity contribution in [3.63, 3.8) is 0 Å². The normalized spacial score (nSPS) is 15.5. The monoisotopic (exact) mass is 497 g/mol. The average molecular weight is 498 g/mol. The van der Waals surface area contributed by atoms with Gasteiger partial charge in [-0.05, 0) is 109 Å². The molecule has 1 atom stereocenters. The topological polar surface area (TPSA) is 47.6 Å². The van der Waals surface area contributed by atoms with Crippen LogP contribution in [-0.2, 0) is 6.42 Å². The fourth-order valence-corrected chi connectivity index (χ4v) is 5.05. The van der Waals surface area contributed by atoms with Gasteiger partial charge in [0.05, 0.1) is 13.7 Å². The molecule has 0 radical (unpaired) electrons. The van der Waals surface area contributed by atoms with Crippen LogP contribution < -0.4 is 14.8 Å². The Balaban J connectivity index is 1.40. The van der Waals surface area contributed by atoms with Crippen molar-refractivity contribution < 1.29 is 18.7 Å². The Labute approximate surface area is 217 Å². The summed E-state index contributed by atoms with van der Waals surface area (Å²) in [6, 6.07) is 24.1. The van der Waals surface area contributed by atoms with Gasteiger partial charge in [-0.25, -0.2) is 4.39 Å². The Kier molecular flexibility index (Phi) is 7.81. The highest BCUT2D eigenvalue weighted by molar-refractivity contribution is 6.17. The number of methoxy groups -OCH3 is 1. The smallest absolute Gasteiger partial charge is 0.193 e. The molecular weight excluding hydrogens is 465 g/mol. The molecule has 1 fully saturated rings. The third-order valence-corrected chi connectivity index (χ3v) is 7.11. The first kappa shape index (κ1) is 25.0. The number of fused-ring (bicyclic) bond motifs is 1. The molecule has 190 valence electrons. The molecule has 1 heterocycles. The summed E-state index contributed by atoms with van der Waals surface area (Å²) in [6.07, 6.45) is 5.24. The van der Waals surface area contributed by atoms with Crippen molar-refractivity contribution in [1.29, 1.82) is 0 Å². The van der Waals surface area contributed by atoms with Gasteiger partial charge in [0, 0.05) is 17.2 Å². The highest BCUT2D eigenvalue weighted by Gasteiger charge is 2.19. The molecule has 5 rings (SSSR count). The zero-order valence-electron chi connectivity index (χ0n) is 21.1. The molecule has 4 aromatic rings. The maximum Gasteiger partial charge on any atom is 0.193 e. The Morgan fingerprint density at radius 2 is 1.73 bits per heavy atom. The summed E-state index contributed by atoms with van der Waals surface area (Å²) in [5.41, 5.74) is 3.10. The zero-order chi connectivity index (χ0) is 25.6. The molecule has 0 spiro atoms. The van der Waals surface area contributed by atoms with E-state index >= 15 is 0 Å². The fourth-order valence-electron chi connectivity index (χ4n) is 5.05. The van der Waals surface area contributed by atoms with Gasteiger partial charge in [-0.1, -0.05) is 30.7 Å². The van der Waals surface area contributed by atoms with Gasteiger partial charge >= 0.3 is 0 Å². The molecule has 0 saturated carbocycles. The van der Waals surface area contributed by atoms with Gasteiger partial charge in [0.1, 0.15) is 17.3 Å². The SMILES string of the molecule is COc1ccc2c(C(=O)c3ccc(OCCC4CCCCN4)cc3)c(Cc3ccc(F)cc3)ccc2c1. The lowest BCUT2D eigenvalue weighted by Gasteiger charge is -2.23. The number of ketones is 1. The number of carbonyl (C=O) groups is 1. The highest BCUT2D eigenvalue weighted by atomic mass is 19.1. The molecule has 1 aliphatic rings. The Hall–Kier alpha value is -3.70. The second kappa shape index (κ2) is 11.6. The lowest BCUT2D eigenvalue weighted by molar-refractivity contribution is 0.103. The average Bonchev–Trinajstić information content (AvgIpc) is 2.94. The second-order valence-electron chi connectivity index (χ2n) is 9.63. The molecule has 1 unspecified atom stereocenters. The van der Waals surface area contributed by atoms with E-state index in [2.05, 4.69) is 5.32 Å². The van der Waals surface area contributed by atoms with Crippen LogP contribution in [0, 0.1) is 5.82 Å². The summed E-state index contributed by atoms with van der Waals surface area (Å²) < 4.78 is 24.8. The van der Waals surface area contributed by atoms with Crippen LogP contribution in [0.5, 0.6) is 11.5 Å². The molecule has 37 heavy (non-hydrogen) atoms. The second-order valence-corrected chi connectivity index (χ2v) is 9.63. The van der Waals surface area contributed by atoms with E-state index in [0.717, 1.165) is 46.4 Å². The molecule has 1 saturated heterocycles. The first-order chi connectivity index (χ1) is 18.1. The standard InChI is InChI=1S/C32H32FNO3/c1-36-29-15-16-30-24(21-29)7-8-25(20-22-5-11-26(33)12-6-22)31(30)32(35)23-9-13-28(14-10-23)37-19-17-27-4-2-3-18-34-27/h5-16,21,27,34H,2-4,17-20H2,1H3. The molecule has 0 aromatic heterocycles. The minimum absolute atomic E-state index is 0.0502. The maximum absolute atomic E-state index is 13.9. The molecular formula is C32H32FNO3. The number of halogens is 1. The minimum atomic E-state index is -0.275. The Bertz CT molecular complexity index is 1360. The first-order valence-corrected chi connectivity index (χ1v) is 13.0. The van der Waals surface area contributed by atoms with Crippen molar-refractivity contribution in [2.75, 3.05) is 20.3 Å². The van der Waals surface area contributed by atoms with E-state index in [1.807, 2.05) is 54.6 Å². The maximum atomic E-state index is 13.9. The third-order valence-electron chi connectivity index (χ3n) is 7.11. The third kappa shape index (κ3) is 6.00. The number of piperidine rings is 1. The summed E-state index contributed by atoms with van der Waals surface area (Å²) in [4.78, 5) is 13.9. The number of hydrogen-bond acceptors (Lipinski definition) is 4. The first-order valence-electron chi connectivity index (χ1n) is 13.0. The summed E-state index contributed by atoms with van der Waals surface area (Å²) in [6.45, 7) is 1.74. The van der Waals surface area contributed by atoms with Gasteiger partial charge in [0.25, 0.3) is 0 Å². The number of ether oxygens (including phenoxy) is 2. The van der Waals surface area contributed by atoms with E-state index in [0.29, 0.717) is 30.2 Å². The van der Waals surface area contributed by atoms with E-state index in [4.69, 9.17) is 9.47 Å². The van der Waals surface area contributed by atoms with E-state index in [9.17, 15) is 9.18 Å². The van der Waals surface area contributed by atoms with Crippen LogP contribution >= 0.6 is 0 Å². The van der Waals surface area contributed by atoms with Crippen LogP contribution in [0.4, 0.5) is 4.39 Å². The van der Waals surface area contributed by atoms with Crippen LogP contribution in [0.1, 0.15) is 52.7 Å². The van der Waals surface area contributed by atoms with Gasteiger partial charge in [-0.3, -0.25) is 4.79 Å². The molecule has 0 amide bonds. The van der Waals surface area contributed by atoms with Crippen LogP contribution in [-0.4, -0.2) is 32.1 Å². The van der Waals surface area contributed by atoms with Crippen molar-refractivity contribution in [2.24, 2.45) is 0 Å². The highest BCUT2D eigenvalue weighted by Crippen LogP contribution is 2.30. The molecule has 0 bridgehead atoms. The van der Waals surface area contributed by atoms with E-state index in [1.165, 1.54) is 31.4 Å². The lowest BCUT2D eigenvalue weighted by atomic mass is 9.89. The molecule has 5 heteroatoms. The zero-order valence-corrected chi connectivity index (χ0v) is 21.1. The van der Waals surface area contributed by atoms with Gasteiger partial charge in [0.2, 0.25) is 0 Å². The van der Waals surface area contributed by atoms with Crippen LogP contribution in [0.2, 0.25) is 0 Å². The predicted octanol–water partition coefficient (Wildman–Crippen LogP) is 6.72. The van der Waals surface area contributed by atoms with Crippen molar-refractivity contribution in [3.05, 3.63) is 107 Å². The number of nitrogens with one attached hydrogen (secondary N) is 1. The molecule has 1 N–H and O–H groups in total. The predicted molar refractivity (Wildman–Crippen MR) is 145 cm³/mol. The van der Waals surface area contributed by atoms with Gasteiger partial charge in [0.15, 0.2) is 5.78 Å². The lowest BCUT2D eigenvalue weighted by Crippen LogP contribution is -2.35. The fraction of sp³-hybridized carbons (Fsp3) is 0.281. The van der Waals surface area contributed by atoms with Crippen LogP contribution in [0.15, 0.2) is 78.9 Å². The minimum Gasteiger partial charge on any atom is -0.497 e. The largest absolute Gasteiger partial charge is 0.497 e. The van der Waals surface area contributed by atoms with Crippen molar-refractivity contribution in [3.8, 4) is 11.5 Å². The molecule has 4 nitrogen and oxygen atoms in total. The number of benzene rings is 4. The summed E-state index contributed by atoms with van der Waals surface area (Å²) in [5.74, 6) is 1.18. The van der Waals surface area contributed by atoms with Gasteiger partial charge in [-0.2, -0.15) is 0 Å². The van der Waals surface area contributed by atoms with E-state index < -0.39 is 0 Å². The quantitative estimate of drug-likeness (QED) is 0.261. The molecule has 1 aliphatic heterocycles. The van der Waals surface area contributed by atoms with Crippen LogP contribution in [0.25, 0.3) is 10.8 Å². The van der Waals surface area contributed by atoms with Crippen LogP contribution in [0.3, 0.4) is 0 Å². The number of carbonyl (C=O) groups excluding carboxylic acids is 1. The Morgan fingerprint density at radius 1 is 0.946 bits per heavy atom. The van der Waals surface area contributed by atoms with Crippen molar-refractivity contribution >= 4 is 16.6 Å². The molecule has 0 aliphatic carbocycles. The van der Waals surface area contributed by atoms with Crippen molar-refractivity contribution in [1.82, 2.24) is 5.32 Å². The Morgan fingerprint density at radius 3 is 2.46 bits per heavy atom. The number of hydrogen-bond donors (Lipinski definition) is 1. The summed E-state index contributed by atoms with van der Waals surface area (Å²) in [7, 11) is 1.63. The molecule has 4 aromatic carbocycles. The van der Waals surface area contributed by atoms with E-state index in [-0.39, 0.29) is 11.6 Å². The van der Waals surface area contributed by atoms with E-state index in [1.54, 1.807) is 19.2 Å². The summed E-state index contributed by atoms with van der Waals surface area (Å²) >= 11 is 0. The van der Waals surface area contributed by atoms with Gasteiger partial charge in [-0.15, -0.1) is 0 Å².